The van der Waals surface area contributed by atoms with Crippen molar-refractivity contribution in [3.05, 3.63) is 59.7 Å². The van der Waals surface area contributed by atoms with Gasteiger partial charge in [-0.3, -0.25) is 14.4 Å². The van der Waals surface area contributed by atoms with Crippen LogP contribution in [0.15, 0.2) is 48.5 Å². The molecule has 1 saturated carbocycles. The minimum absolute atomic E-state index is 0.140. The van der Waals surface area contributed by atoms with Gasteiger partial charge in [-0.25, -0.2) is 0 Å². The van der Waals surface area contributed by atoms with Crippen LogP contribution in [0.3, 0.4) is 0 Å². The van der Waals surface area contributed by atoms with Crippen LogP contribution < -0.4 is 16.0 Å². The molecule has 3 N–H and O–H groups in total. The Hall–Kier alpha value is -3.15. The fourth-order valence-corrected chi connectivity index (χ4v) is 3.58. The zero-order chi connectivity index (χ0) is 20.6. The summed E-state index contributed by atoms with van der Waals surface area (Å²) < 4.78 is 0. The van der Waals surface area contributed by atoms with E-state index in [1.54, 1.807) is 48.5 Å². The molecule has 0 heterocycles. The van der Waals surface area contributed by atoms with Gasteiger partial charge in [-0.2, -0.15) is 0 Å². The summed E-state index contributed by atoms with van der Waals surface area (Å²) >= 11 is 0. The summed E-state index contributed by atoms with van der Waals surface area (Å²) in [5.74, 6) is -0.630. The van der Waals surface area contributed by atoms with Crippen LogP contribution in [0.1, 0.15) is 66.2 Å². The number of carbonyl (C=O) groups excluding carboxylic acids is 3. The molecule has 0 atom stereocenters. The molecular formula is C23H27N3O3. The molecule has 1 fully saturated rings. The minimum Gasteiger partial charge on any atom is -0.349 e. The fraction of sp³-hybridized carbons (Fsp3) is 0.348. The van der Waals surface area contributed by atoms with Gasteiger partial charge >= 0.3 is 0 Å². The number of nitrogens with one attached hydrogen (secondary N) is 3. The summed E-state index contributed by atoms with van der Waals surface area (Å²) in [4.78, 5) is 36.4. The first-order chi connectivity index (χ1) is 14.0. The number of hydrogen-bond acceptors (Lipinski definition) is 3. The Morgan fingerprint density at radius 2 is 1.34 bits per heavy atom. The highest BCUT2D eigenvalue weighted by Gasteiger charge is 2.17. The SMILES string of the molecule is CC(=O)Nc1cccc(NC(=O)c2cccc(C(=O)NC3CCCCCC3)c2)c1. The fourth-order valence-electron chi connectivity index (χ4n) is 3.58. The van der Waals surface area contributed by atoms with Crippen LogP contribution in [0.2, 0.25) is 0 Å². The molecule has 1 aliphatic carbocycles. The van der Waals surface area contributed by atoms with Crippen molar-refractivity contribution in [1.82, 2.24) is 5.32 Å². The van der Waals surface area contributed by atoms with Crippen molar-refractivity contribution in [2.45, 2.75) is 51.5 Å². The molecule has 2 aromatic rings. The molecule has 29 heavy (non-hydrogen) atoms. The summed E-state index contributed by atoms with van der Waals surface area (Å²) in [6.07, 6.45) is 6.76. The first kappa shape index (κ1) is 20.6. The number of amides is 3. The van der Waals surface area contributed by atoms with E-state index in [1.165, 1.54) is 19.8 Å². The van der Waals surface area contributed by atoms with E-state index in [1.807, 2.05) is 0 Å². The molecule has 0 aromatic heterocycles. The van der Waals surface area contributed by atoms with Crippen molar-refractivity contribution in [3.63, 3.8) is 0 Å². The second-order valence-electron chi connectivity index (χ2n) is 7.46. The van der Waals surface area contributed by atoms with Crippen LogP contribution in [-0.4, -0.2) is 23.8 Å². The molecule has 0 aliphatic heterocycles. The molecule has 0 saturated heterocycles. The van der Waals surface area contributed by atoms with Gasteiger partial charge in [-0.1, -0.05) is 37.8 Å². The molecule has 3 rings (SSSR count). The second-order valence-corrected chi connectivity index (χ2v) is 7.46. The molecule has 0 radical (unpaired) electrons. The van der Waals surface area contributed by atoms with Crippen molar-refractivity contribution in [2.75, 3.05) is 10.6 Å². The summed E-state index contributed by atoms with van der Waals surface area (Å²) in [7, 11) is 0. The Morgan fingerprint density at radius 1 is 0.759 bits per heavy atom. The molecule has 152 valence electrons. The molecule has 0 spiro atoms. The van der Waals surface area contributed by atoms with Gasteiger partial charge in [0.25, 0.3) is 11.8 Å². The lowest BCUT2D eigenvalue weighted by atomic mass is 10.1. The Kier molecular flexibility index (Phi) is 7.00. The lowest BCUT2D eigenvalue weighted by Gasteiger charge is -2.16. The van der Waals surface area contributed by atoms with Gasteiger partial charge in [-0.05, 0) is 49.2 Å². The topological polar surface area (TPSA) is 87.3 Å². The van der Waals surface area contributed by atoms with Crippen LogP contribution in [-0.2, 0) is 4.79 Å². The minimum atomic E-state index is -0.311. The highest BCUT2D eigenvalue weighted by Crippen LogP contribution is 2.19. The monoisotopic (exact) mass is 393 g/mol. The van der Waals surface area contributed by atoms with Gasteiger partial charge in [0, 0.05) is 35.5 Å². The van der Waals surface area contributed by atoms with Crippen LogP contribution in [0.4, 0.5) is 11.4 Å². The van der Waals surface area contributed by atoms with Crippen molar-refractivity contribution in [2.24, 2.45) is 0 Å². The van der Waals surface area contributed by atoms with Crippen LogP contribution in [0.5, 0.6) is 0 Å². The maximum atomic E-state index is 12.6. The third-order valence-corrected chi connectivity index (χ3v) is 5.02. The maximum Gasteiger partial charge on any atom is 0.255 e. The average Bonchev–Trinajstić information content (AvgIpc) is 2.96. The van der Waals surface area contributed by atoms with Crippen LogP contribution >= 0.6 is 0 Å². The van der Waals surface area contributed by atoms with E-state index in [9.17, 15) is 14.4 Å². The third-order valence-electron chi connectivity index (χ3n) is 5.02. The van der Waals surface area contributed by atoms with Crippen molar-refractivity contribution in [1.29, 1.82) is 0 Å². The Labute approximate surface area is 171 Å². The summed E-state index contributed by atoms with van der Waals surface area (Å²) in [6.45, 7) is 1.43. The number of carbonyl (C=O) groups is 3. The highest BCUT2D eigenvalue weighted by molar-refractivity contribution is 6.06. The number of anilines is 2. The molecule has 6 nitrogen and oxygen atoms in total. The molecule has 3 amide bonds. The normalized spacial score (nSPS) is 14.5. The second kappa shape index (κ2) is 9.87. The first-order valence-corrected chi connectivity index (χ1v) is 10.1. The predicted molar refractivity (Wildman–Crippen MR) is 114 cm³/mol. The maximum absolute atomic E-state index is 12.6. The van der Waals surface area contributed by atoms with E-state index in [0.29, 0.717) is 22.5 Å². The standard InChI is InChI=1S/C23H27N3O3/c1-16(27)24-20-12-7-13-21(15-20)26-23(29)18-9-6-8-17(14-18)22(28)25-19-10-4-2-3-5-11-19/h6-9,12-15,19H,2-5,10-11H2,1H3,(H,24,27)(H,25,28)(H,26,29). The van der Waals surface area contributed by atoms with Crippen molar-refractivity contribution in [3.8, 4) is 0 Å². The Morgan fingerprint density at radius 3 is 2.00 bits per heavy atom. The third kappa shape index (κ3) is 6.17. The van der Waals surface area contributed by atoms with E-state index in [-0.39, 0.29) is 23.8 Å². The Balaban J connectivity index is 1.66. The molecule has 2 aromatic carbocycles. The van der Waals surface area contributed by atoms with Gasteiger partial charge in [0.2, 0.25) is 5.91 Å². The predicted octanol–water partition coefficient (Wildman–Crippen LogP) is 4.35. The van der Waals surface area contributed by atoms with Crippen LogP contribution in [0.25, 0.3) is 0 Å². The van der Waals surface area contributed by atoms with E-state index in [0.717, 1.165) is 25.7 Å². The van der Waals surface area contributed by atoms with E-state index < -0.39 is 0 Å². The van der Waals surface area contributed by atoms with E-state index in [4.69, 9.17) is 0 Å². The average molecular weight is 393 g/mol. The highest BCUT2D eigenvalue weighted by atomic mass is 16.2. The van der Waals surface area contributed by atoms with Gasteiger partial charge < -0.3 is 16.0 Å². The van der Waals surface area contributed by atoms with E-state index >= 15 is 0 Å². The van der Waals surface area contributed by atoms with Gasteiger partial charge in [-0.15, -0.1) is 0 Å². The zero-order valence-electron chi connectivity index (χ0n) is 16.7. The number of rotatable bonds is 5. The molecule has 0 unspecified atom stereocenters. The molecule has 1 aliphatic rings. The quantitative estimate of drug-likeness (QED) is 0.660. The largest absolute Gasteiger partial charge is 0.349 e. The lowest BCUT2D eigenvalue weighted by molar-refractivity contribution is -0.114. The van der Waals surface area contributed by atoms with Crippen molar-refractivity contribution >= 4 is 29.1 Å². The number of hydrogen-bond donors (Lipinski definition) is 3. The van der Waals surface area contributed by atoms with Crippen molar-refractivity contribution < 1.29 is 14.4 Å². The number of benzene rings is 2. The summed E-state index contributed by atoms with van der Waals surface area (Å²) in [5, 5.41) is 8.59. The summed E-state index contributed by atoms with van der Waals surface area (Å²) in [5.41, 5.74) is 2.05. The van der Waals surface area contributed by atoms with Gasteiger partial charge in [0.1, 0.15) is 0 Å². The van der Waals surface area contributed by atoms with Gasteiger partial charge in [0.05, 0.1) is 0 Å². The first-order valence-electron chi connectivity index (χ1n) is 10.1. The lowest BCUT2D eigenvalue weighted by Crippen LogP contribution is -2.34. The summed E-state index contributed by atoms with van der Waals surface area (Å²) in [6, 6.07) is 13.8. The van der Waals surface area contributed by atoms with Crippen LogP contribution in [0, 0.1) is 0 Å². The van der Waals surface area contributed by atoms with E-state index in [2.05, 4.69) is 16.0 Å². The Bertz CT molecular complexity index is 886. The molecule has 6 heteroatoms. The smallest absolute Gasteiger partial charge is 0.255 e. The zero-order valence-corrected chi connectivity index (χ0v) is 16.7. The van der Waals surface area contributed by atoms with Gasteiger partial charge in [0.15, 0.2) is 0 Å². The molecular weight excluding hydrogens is 366 g/mol. The molecule has 0 bridgehead atoms.